The summed E-state index contributed by atoms with van der Waals surface area (Å²) in [4.78, 5) is 17.0. The van der Waals surface area contributed by atoms with Crippen LogP contribution in [-0.2, 0) is 11.3 Å². The predicted molar refractivity (Wildman–Crippen MR) is 63.0 cm³/mol. The van der Waals surface area contributed by atoms with Crippen LogP contribution >= 0.6 is 0 Å². The lowest BCUT2D eigenvalue weighted by atomic mass is 9.99. The average molecular weight is 229 g/mol. The van der Waals surface area contributed by atoms with Gasteiger partial charge in [-0.3, -0.25) is 4.90 Å². The van der Waals surface area contributed by atoms with Crippen LogP contribution in [-0.4, -0.2) is 29.3 Å². The van der Waals surface area contributed by atoms with E-state index in [1.165, 1.54) is 0 Å². The van der Waals surface area contributed by atoms with Crippen LogP contribution in [0.4, 0.5) is 0 Å². The van der Waals surface area contributed by atoms with Crippen molar-refractivity contribution in [1.82, 2.24) is 9.88 Å². The van der Waals surface area contributed by atoms with Crippen molar-refractivity contribution < 1.29 is 4.79 Å². The van der Waals surface area contributed by atoms with Crippen molar-refractivity contribution in [1.29, 1.82) is 5.26 Å². The molecule has 1 aromatic heterocycles. The van der Waals surface area contributed by atoms with Crippen LogP contribution in [0.25, 0.3) is 0 Å². The highest BCUT2D eigenvalue weighted by Gasteiger charge is 2.19. The maximum atomic E-state index is 10.8. The minimum atomic E-state index is 0.168. The Balaban J connectivity index is 2.00. The second-order valence-corrected chi connectivity index (χ2v) is 4.43. The molecule has 0 radical (unpaired) electrons. The van der Waals surface area contributed by atoms with E-state index in [9.17, 15) is 4.79 Å². The number of pyridine rings is 1. The van der Waals surface area contributed by atoms with Gasteiger partial charge in [0.05, 0.1) is 0 Å². The Morgan fingerprint density at radius 2 is 2.53 bits per heavy atom. The molecule has 2 rings (SSSR count). The number of rotatable bonds is 3. The molecule has 4 nitrogen and oxygen atoms in total. The Kier molecular flexibility index (Phi) is 3.84. The molecule has 1 aromatic rings. The number of aldehydes is 1. The normalized spacial score (nSPS) is 20.8. The first-order valence-electron chi connectivity index (χ1n) is 5.84. The third-order valence-corrected chi connectivity index (χ3v) is 3.08. The van der Waals surface area contributed by atoms with E-state index < -0.39 is 0 Å². The fourth-order valence-electron chi connectivity index (χ4n) is 2.24. The van der Waals surface area contributed by atoms with Crippen molar-refractivity contribution in [3.05, 3.63) is 29.6 Å². The summed E-state index contributed by atoms with van der Waals surface area (Å²) in [6, 6.07) is 5.77. The van der Waals surface area contributed by atoms with Gasteiger partial charge in [-0.15, -0.1) is 0 Å². The molecule has 0 amide bonds. The summed E-state index contributed by atoms with van der Waals surface area (Å²) < 4.78 is 0. The molecule has 0 saturated carbocycles. The molecule has 1 atom stereocenters. The molecule has 1 saturated heterocycles. The standard InChI is InChI=1S/C13H15N3O/c14-7-13-6-11(3-4-15-13)8-16-5-1-2-12(9-16)10-17/h3-4,6,10,12H,1-2,5,8-9H2. The summed E-state index contributed by atoms with van der Waals surface area (Å²) in [7, 11) is 0. The molecule has 88 valence electrons. The van der Waals surface area contributed by atoms with E-state index in [1.54, 1.807) is 6.20 Å². The lowest BCUT2D eigenvalue weighted by molar-refractivity contribution is -0.112. The van der Waals surface area contributed by atoms with Gasteiger partial charge in [0.15, 0.2) is 0 Å². The van der Waals surface area contributed by atoms with E-state index in [4.69, 9.17) is 5.26 Å². The minimum absolute atomic E-state index is 0.168. The van der Waals surface area contributed by atoms with Gasteiger partial charge in [-0.2, -0.15) is 5.26 Å². The first-order valence-corrected chi connectivity index (χ1v) is 5.84. The fraction of sp³-hybridized carbons (Fsp3) is 0.462. The summed E-state index contributed by atoms with van der Waals surface area (Å²) in [5.74, 6) is 0.168. The van der Waals surface area contributed by atoms with E-state index in [0.717, 1.165) is 44.3 Å². The molecule has 0 bridgehead atoms. The zero-order valence-electron chi connectivity index (χ0n) is 9.67. The maximum absolute atomic E-state index is 10.8. The molecule has 0 N–H and O–H groups in total. The Morgan fingerprint density at radius 3 is 3.29 bits per heavy atom. The Morgan fingerprint density at radius 1 is 1.65 bits per heavy atom. The van der Waals surface area contributed by atoms with Gasteiger partial charge < -0.3 is 4.79 Å². The van der Waals surface area contributed by atoms with Gasteiger partial charge in [0, 0.05) is 25.2 Å². The van der Waals surface area contributed by atoms with Crippen LogP contribution < -0.4 is 0 Å². The predicted octanol–water partition coefficient (Wildman–Crippen LogP) is 1.36. The topological polar surface area (TPSA) is 57.0 Å². The number of nitriles is 1. The van der Waals surface area contributed by atoms with Crippen molar-refractivity contribution >= 4 is 6.29 Å². The third-order valence-electron chi connectivity index (χ3n) is 3.08. The molecule has 2 heterocycles. The minimum Gasteiger partial charge on any atom is -0.303 e. The largest absolute Gasteiger partial charge is 0.303 e. The van der Waals surface area contributed by atoms with Gasteiger partial charge in [-0.1, -0.05) is 0 Å². The third kappa shape index (κ3) is 3.11. The Labute approximate surface area is 101 Å². The van der Waals surface area contributed by atoms with Crippen molar-refractivity contribution in [3.8, 4) is 6.07 Å². The molecular formula is C13H15N3O. The van der Waals surface area contributed by atoms with Crippen molar-refractivity contribution in [2.75, 3.05) is 13.1 Å². The highest BCUT2D eigenvalue weighted by atomic mass is 16.1. The lowest BCUT2D eigenvalue weighted by Gasteiger charge is -2.30. The fourth-order valence-corrected chi connectivity index (χ4v) is 2.24. The van der Waals surface area contributed by atoms with Crippen LogP contribution in [0.15, 0.2) is 18.3 Å². The molecule has 17 heavy (non-hydrogen) atoms. The van der Waals surface area contributed by atoms with Crippen LogP contribution in [0.1, 0.15) is 24.1 Å². The molecular weight excluding hydrogens is 214 g/mol. The second kappa shape index (κ2) is 5.55. The number of nitrogens with zero attached hydrogens (tertiary/aromatic N) is 3. The Hall–Kier alpha value is -1.73. The van der Waals surface area contributed by atoms with Crippen molar-refractivity contribution in [2.45, 2.75) is 19.4 Å². The summed E-state index contributed by atoms with van der Waals surface area (Å²) in [5, 5.41) is 8.78. The highest BCUT2D eigenvalue weighted by Crippen LogP contribution is 2.16. The number of hydrogen-bond donors (Lipinski definition) is 0. The molecule has 1 fully saturated rings. The van der Waals surface area contributed by atoms with Crippen molar-refractivity contribution in [2.24, 2.45) is 5.92 Å². The number of hydrogen-bond acceptors (Lipinski definition) is 4. The number of piperidine rings is 1. The highest BCUT2D eigenvalue weighted by molar-refractivity contribution is 5.53. The zero-order chi connectivity index (χ0) is 12.1. The molecule has 0 aromatic carbocycles. The van der Waals surface area contributed by atoms with Gasteiger partial charge in [0.2, 0.25) is 0 Å². The monoisotopic (exact) mass is 229 g/mol. The number of carbonyl (C=O) groups excluding carboxylic acids is 1. The summed E-state index contributed by atoms with van der Waals surface area (Å²) >= 11 is 0. The van der Waals surface area contributed by atoms with Gasteiger partial charge in [-0.05, 0) is 37.1 Å². The smallest absolute Gasteiger partial charge is 0.140 e. The van der Waals surface area contributed by atoms with Gasteiger partial charge >= 0.3 is 0 Å². The summed E-state index contributed by atoms with van der Waals surface area (Å²) in [6.07, 6.45) is 4.79. The molecule has 1 unspecified atom stereocenters. The number of aromatic nitrogens is 1. The van der Waals surface area contributed by atoms with Gasteiger partial charge in [0.1, 0.15) is 18.0 Å². The number of likely N-dealkylation sites (tertiary alicyclic amines) is 1. The van der Waals surface area contributed by atoms with E-state index in [0.29, 0.717) is 5.69 Å². The van der Waals surface area contributed by atoms with E-state index in [2.05, 4.69) is 9.88 Å². The maximum Gasteiger partial charge on any atom is 0.140 e. The van der Waals surface area contributed by atoms with Crippen molar-refractivity contribution in [3.63, 3.8) is 0 Å². The van der Waals surface area contributed by atoms with Crippen LogP contribution in [0.3, 0.4) is 0 Å². The van der Waals surface area contributed by atoms with E-state index >= 15 is 0 Å². The Bertz CT molecular complexity index is 439. The quantitative estimate of drug-likeness (QED) is 0.734. The van der Waals surface area contributed by atoms with E-state index in [1.807, 2.05) is 18.2 Å². The first-order chi connectivity index (χ1) is 8.31. The van der Waals surface area contributed by atoms with Gasteiger partial charge in [-0.25, -0.2) is 4.98 Å². The molecule has 4 heteroatoms. The summed E-state index contributed by atoms with van der Waals surface area (Å²) in [6.45, 7) is 2.64. The SMILES string of the molecule is N#Cc1cc(CN2CCCC(C=O)C2)ccn1. The molecule has 0 spiro atoms. The zero-order valence-corrected chi connectivity index (χ0v) is 9.67. The first kappa shape index (κ1) is 11.7. The number of carbonyl (C=O) groups is 1. The van der Waals surface area contributed by atoms with Crippen LogP contribution in [0, 0.1) is 17.2 Å². The second-order valence-electron chi connectivity index (χ2n) is 4.43. The van der Waals surface area contributed by atoms with E-state index in [-0.39, 0.29) is 5.92 Å². The average Bonchev–Trinajstić information content (AvgIpc) is 2.39. The van der Waals surface area contributed by atoms with Crippen LogP contribution in [0.5, 0.6) is 0 Å². The van der Waals surface area contributed by atoms with Gasteiger partial charge in [0.25, 0.3) is 0 Å². The lowest BCUT2D eigenvalue weighted by Crippen LogP contribution is -2.35. The molecule has 1 aliphatic rings. The molecule has 0 aliphatic carbocycles. The summed E-state index contributed by atoms with van der Waals surface area (Å²) in [5.41, 5.74) is 1.54. The molecule has 1 aliphatic heterocycles. The van der Waals surface area contributed by atoms with Crippen LogP contribution in [0.2, 0.25) is 0 Å².